The summed E-state index contributed by atoms with van der Waals surface area (Å²) in [5, 5.41) is 8.13. The molecule has 2 aromatic carbocycles. The van der Waals surface area contributed by atoms with Crippen LogP contribution >= 0.6 is 11.8 Å². The second kappa shape index (κ2) is 12.1. The number of amidine groups is 1. The fraction of sp³-hybridized carbons (Fsp3) is 0.179. The van der Waals surface area contributed by atoms with Crippen LogP contribution in [0.25, 0.3) is 10.8 Å². The molecule has 0 saturated carbocycles. The van der Waals surface area contributed by atoms with Crippen LogP contribution in [0.3, 0.4) is 0 Å². The van der Waals surface area contributed by atoms with Crippen LogP contribution in [-0.2, 0) is 0 Å². The highest BCUT2D eigenvalue weighted by Gasteiger charge is 2.24. The summed E-state index contributed by atoms with van der Waals surface area (Å²) in [6.45, 7) is 4.00. The predicted octanol–water partition coefficient (Wildman–Crippen LogP) is 4.72. The van der Waals surface area contributed by atoms with Gasteiger partial charge in [-0.15, -0.1) is 0 Å². The summed E-state index contributed by atoms with van der Waals surface area (Å²) >= 11 is 1.53. The van der Waals surface area contributed by atoms with Gasteiger partial charge in [-0.3, -0.25) is 24.9 Å². The Balaban J connectivity index is 0.00000156. The van der Waals surface area contributed by atoms with Crippen LogP contribution in [-0.4, -0.2) is 39.2 Å². The summed E-state index contributed by atoms with van der Waals surface area (Å²) in [4.78, 5) is 38.4. The number of thioether (sulfide) groups is 1. The largest absolute Gasteiger partial charge is 0.369 e. The maximum absolute atomic E-state index is 12.8. The van der Waals surface area contributed by atoms with E-state index in [0.717, 1.165) is 17.2 Å². The molecule has 0 radical (unpaired) electrons. The molecule has 2 heterocycles. The Labute approximate surface area is 219 Å². The zero-order chi connectivity index (χ0) is 26.2. The lowest BCUT2D eigenvalue weighted by molar-refractivity contribution is 0.0966. The number of benzene rings is 2. The Kier molecular flexibility index (Phi) is 8.48. The first-order chi connectivity index (χ1) is 18.0. The van der Waals surface area contributed by atoms with E-state index in [9.17, 15) is 9.59 Å². The molecule has 5 rings (SSSR count). The van der Waals surface area contributed by atoms with Crippen LogP contribution in [0.2, 0.25) is 0 Å². The highest BCUT2D eigenvalue weighted by atomic mass is 32.2. The Morgan fingerprint density at radius 1 is 1.00 bits per heavy atom. The summed E-state index contributed by atoms with van der Waals surface area (Å²) in [7, 11) is 0. The smallest absolute Gasteiger partial charge is 0.276 e. The normalized spacial score (nSPS) is 18.2. The lowest BCUT2D eigenvalue weighted by atomic mass is 10.1. The molecule has 0 saturated heterocycles. The number of carbonyl (C=O) groups is 2. The minimum absolute atomic E-state index is 0.0583. The van der Waals surface area contributed by atoms with Crippen LogP contribution in [0.5, 0.6) is 0 Å². The molecule has 1 aliphatic carbocycles. The highest BCUT2D eigenvalue weighted by Crippen LogP contribution is 2.28. The van der Waals surface area contributed by atoms with Gasteiger partial charge in [-0.05, 0) is 36.1 Å². The molecule has 2 unspecified atom stereocenters. The monoisotopic (exact) mass is 512 g/mol. The van der Waals surface area contributed by atoms with Crippen molar-refractivity contribution in [3.05, 3.63) is 96.4 Å². The van der Waals surface area contributed by atoms with Crippen molar-refractivity contribution < 1.29 is 9.59 Å². The van der Waals surface area contributed by atoms with Crippen LogP contribution < -0.4 is 16.4 Å². The third kappa shape index (κ3) is 6.71. The maximum atomic E-state index is 12.8. The number of fused-ring (bicyclic) bond motifs is 3. The first-order valence-electron chi connectivity index (χ1n) is 12.0. The molecule has 1 aliphatic heterocycles. The van der Waals surface area contributed by atoms with Gasteiger partial charge in [0.2, 0.25) is 5.96 Å². The lowest BCUT2D eigenvalue weighted by Crippen LogP contribution is -2.37. The summed E-state index contributed by atoms with van der Waals surface area (Å²) in [6, 6.07) is 16.1. The molecule has 8 nitrogen and oxygen atoms in total. The van der Waals surface area contributed by atoms with E-state index in [4.69, 9.17) is 5.73 Å². The molecule has 1 aromatic heterocycles. The predicted molar refractivity (Wildman–Crippen MR) is 151 cm³/mol. The molecule has 2 amide bonds. The minimum Gasteiger partial charge on any atom is -0.369 e. The van der Waals surface area contributed by atoms with Crippen molar-refractivity contribution in [2.45, 2.75) is 31.6 Å². The number of allylic oxidation sites excluding steroid dienone is 2. The minimum atomic E-state index is -0.470. The second-order valence-electron chi connectivity index (χ2n) is 8.04. The second-order valence-corrected chi connectivity index (χ2v) is 9.26. The number of nitrogens with zero attached hydrogens (tertiary/aromatic N) is 3. The highest BCUT2D eigenvalue weighted by molar-refractivity contribution is 8.14. The maximum Gasteiger partial charge on any atom is 0.276 e. The average Bonchev–Trinajstić information content (AvgIpc) is 3.09. The standard InChI is InChI=1S/C26H22N6O2S.C2H6/c27-25(31-24(34)22-13-16-6-1-2-7-18(16)15-28-22)29-19-10-5-8-17(12-19)23(33)32-26-30-20-9-3-4-11-21(14-20)35-26;1-2/h1-13,15,20-21H,14H2,(H,30,32,33)(H3,27,29,31,34);1-2H3. The van der Waals surface area contributed by atoms with Gasteiger partial charge in [-0.25, -0.2) is 4.99 Å². The van der Waals surface area contributed by atoms with E-state index in [1.807, 2.05) is 56.3 Å². The molecule has 0 fully saturated rings. The van der Waals surface area contributed by atoms with Crippen molar-refractivity contribution in [1.82, 2.24) is 15.6 Å². The lowest BCUT2D eigenvalue weighted by Gasteiger charge is -2.22. The van der Waals surface area contributed by atoms with Gasteiger partial charge in [0.25, 0.3) is 11.8 Å². The van der Waals surface area contributed by atoms with Crippen molar-refractivity contribution in [1.29, 1.82) is 0 Å². The van der Waals surface area contributed by atoms with Crippen LogP contribution in [0.4, 0.5) is 5.69 Å². The molecule has 3 aromatic rings. The van der Waals surface area contributed by atoms with Crippen molar-refractivity contribution >= 4 is 51.2 Å². The van der Waals surface area contributed by atoms with Crippen molar-refractivity contribution in [2.24, 2.45) is 15.7 Å². The third-order valence-electron chi connectivity index (χ3n) is 5.47. The Bertz CT molecular complexity index is 1430. The zero-order valence-corrected chi connectivity index (χ0v) is 21.4. The fourth-order valence-corrected chi connectivity index (χ4v) is 4.88. The number of amides is 2. The molecular formula is C28H28N6O2S. The third-order valence-corrected chi connectivity index (χ3v) is 6.56. The number of hydrogen-bond acceptors (Lipinski definition) is 6. The van der Waals surface area contributed by atoms with Gasteiger partial charge in [0, 0.05) is 22.4 Å². The molecule has 2 atom stereocenters. The van der Waals surface area contributed by atoms with Crippen LogP contribution in [0.1, 0.15) is 41.1 Å². The SMILES string of the molecule is CC.NC(=Nc1cccc(C(=O)NC2=NC3C=CC=CC(C3)S2)c1)NC(=O)c1cc2ccccc2cn1. The summed E-state index contributed by atoms with van der Waals surface area (Å²) in [5.41, 5.74) is 7.02. The summed E-state index contributed by atoms with van der Waals surface area (Å²) in [6.07, 6.45) is 10.7. The number of aromatic nitrogens is 1. The summed E-state index contributed by atoms with van der Waals surface area (Å²) in [5.74, 6) is -0.858. The summed E-state index contributed by atoms with van der Waals surface area (Å²) < 4.78 is 0. The van der Waals surface area contributed by atoms with Crippen LogP contribution in [0.15, 0.2) is 95.1 Å². The topological polar surface area (TPSA) is 122 Å². The number of aliphatic imine (C=N–C) groups is 2. The van der Waals surface area contributed by atoms with Crippen molar-refractivity contribution in [3.8, 4) is 0 Å². The number of rotatable bonds is 3. The Morgan fingerprint density at radius 2 is 1.78 bits per heavy atom. The van der Waals surface area contributed by atoms with Gasteiger partial charge in [-0.1, -0.05) is 80.2 Å². The Hall–Kier alpha value is -4.24. The van der Waals surface area contributed by atoms with E-state index in [0.29, 0.717) is 16.4 Å². The molecule has 9 heteroatoms. The number of guanidine groups is 1. The first-order valence-corrected chi connectivity index (χ1v) is 12.9. The van der Waals surface area contributed by atoms with Gasteiger partial charge in [0.05, 0.1) is 11.7 Å². The van der Waals surface area contributed by atoms with E-state index < -0.39 is 5.91 Å². The van der Waals surface area contributed by atoms with Gasteiger partial charge >= 0.3 is 0 Å². The quantitative estimate of drug-likeness (QED) is 0.346. The number of hydrogen-bond donors (Lipinski definition) is 3. The van der Waals surface area contributed by atoms with Crippen molar-refractivity contribution in [2.75, 3.05) is 0 Å². The van der Waals surface area contributed by atoms with E-state index in [2.05, 4.69) is 31.7 Å². The molecule has 2 bridgehead atoms. The van der Waals surface area contributed by atoms with Gasteiger partial charge in [0.15, 0.2) is 5.17 Å². The van der Waals surface area contributed by atoms with Gasteiger partial charge < -0.3 is 11.1 Å². The van der Waals surface area contributed by atoms with Crippen molar-refractivity contribution in [3.63, 3.8) is 0 Å². The van der Waals surface area contributed by atoms with Crippen LogP contribution in [0, 0.1) is 0 Å². The zero-order valence-electron chi connectivity index (χ0n) is 20.6. The average molecular weight is 513 g/mol. The molecule has 0 spiro atoms. The molecule has 37 heavy (non-hydrogen) atoms. The number of nitrogens with one attached hydrogen (secondary N) is 2. The number of nitrogens with two attached hydrogens (primary N) is 1. The number of carbonyl (C=O) groups excluding carboxylic acids is 2. The molecule has 188 valence electrons. The first kappa shape index (κ1) is 25.8. The van der Waals surface area contributed by atoms with E-state index in [1.54, 1.807) is 36.5 Å². The van der Waals surface area contributed by atoms with Gasteiger partial charge in [0.1, 0.15) is 5.69 Å². The molecule has 4 N–H and O–H groups in total. The van der Waals surface area contributed by atoms with E-state index in [1.165, 1.54) is 11.8 Å². The van der Waals surface area contributed by atoms with Gasteiger partial charge in [-0.2, -0.15) is 0 Å². The molecule has 2 aliphatic rings. The fourth-order valence-electron chi connectivity index (χ4n) is 3.79. The number of pyridine rings is 1. The van der Waals surface area contributed by atoms with E-state index >= 15 is 0 Å². The van der Waals surface area contributed by atoms with E-state index in [-0.39, 0.29) is 28.9 Å². The molecular weight excluding hydrogens is 484 g/mol. The Morgan fingerprint density at radius 3 is 2.62 bits per heavy atom.